The van der Waals surface area contributed by atoms with Gasteiger partial charge < -0.3 is 18.6 Å². The Labute approximate surface area is 429 Å². The third-order valence-electron chi connectivity index (χ3n) is 16.1. The van der Waals surface area contributed by atoms with E-state index in [4.69, 9.17) is 8.83 Å². The Hall–Kier alpha value is -9.38. The van der Waals surface area contributed by atoms with E-state index in [1.165, 1.54) is 55.6 Å². The minimum absolute atomic E-state index is 0.137. The number of hydrogen-bond acceptors (Lipinski definition) is 4. The molecule has 74 heavy (non-hydrogen) atoms. The van der Waals surface area contributed by atoms with Gasteiger partial charge in [0.1, 0.15) is 22.3 Å². The molecule has 4 heteroatoms. The molecular formula is C70H48N2O2. The van der Waals surface area contributed by atoms with Crippen molar-refractivity contribution in [3.8, 4) is 22.3 Å². The second kappa shape index (κ2) is 16.1. The van der Waals surface area contributed by atoms with Crippen LogP contribution in [-0.4, -0.2) is 0 Å². The van der Waals surface area contributed by atoms with Crippen molar-refractivity contribution in [1.82, 2.24) is 0 Å². The van der Waals surface area contributed by atoms with E-state index in [2.05, 4.69) is 272 Å². The molecule has 0 bridgehead atoms. The molecule has 0 amide bonds. The van der Waals surface area contributed by atoms with Gasteiger partial charge >= 0.3 is 0 Å². The normalized spacial score (nSPS) is 13.8. The summed E-state index contributed by atoms with van der Waals surface area (Å²) in [6, 6.07) is 92.9. The maximum absolute atomic E-state index is 6.69. The third kappa shape index (κ3) is 5.97. The van der Waals surface area contributed by atoms with Crippen LogP contribution in [0.25, 0.3) is 66.1 Å². The van der Waals surface area contributed by atoms with Crippen LogP contribution in [0, 0.1) is 0 Å². The number of furan rings is 2. The van der Waals surface area contributed by atoms with E-state index in [9.17, 15) is 0 Å². The monoisotopic (exact) mass is 948 g/mol. The van der Waals surface area contributed by atoms with Gasteiger partial charge in [0, 0.05) is 38.8 Å². The maximum Gasteiger partial charge on any atom is 0.137 e. The summed E-state index contributed by atoms with van der Waals surface area (Å²) < 4.78 is 13.3. The van der Waals surface area contributed by atoms with E-state index in [1.807, 2.05) is 6.07 Å². The highest BCUT2D eigenvalue weighted by Gasteiger charge is 2.47. The van der Waals surface area contributed by atoms with Crippen LogP contribution >= 0.6 is 0 Å². The summed E-state index contributed by atoms with van der Waals surface area (Å²) in [6.45, 7) is 4.69. The highest BCUT2D eigenvalue weighted by molar-refractivity contribution is 6.16. The van der Waals surface area contributed by atoms with Gasteiger partial charge in [0.25, 0.3) is 0 Å². The van der Waals surface area contributed by atoms with E-state index >= 15 is 0 Å². The van der Waals surface area contributed by atoms with Gasteiger partial charge in [-0.1, -0.05) is 196 Å². The van der Waals surface area contributed by atoms with Crippen LogP contribution in [0.3, 0.4) is 0 Å². The lowest BCUT2D eigenvalue weighted by atomic mass is 9.68. The van der Waals surface area contributed by atoms with Crippen molar-refractivity contribution >= 4 is 78.0 Å². The molecule has 2 aromatic heterocycles. The van der Waals surface area contributed by atoms with Crippen molar-refractivity contribution in [3.63, 3.8) is 0 Å². The molecule has 15 rings (SSSR count). The highest BCUT2D eigenvalue weighted by Crippen LogP contribution is 2.60. The molecule has 2 heterocycles. The van der Waals surface area contributed by atoms with Crippen LogP contribution in [-0.2, 0) is 10.8 Å². The Balaban J connectivity index is 1.02. The molecular weight excluding hydrogens is 901 g/mol. The zero-order valence-electron chi connectivity index (χ0n) is 41.0. The fraction of sp³-hybridized carbons (Fsp3) is 0.0571. The standard InChI is InChI=1S/C70H48N2O2/c1-69(2)55-31-13-9-27-50(55)54-44-49(41-42-56(54)69)71(60-35-19-39-64-67(60)52-29-11-15-37-62(52)73-64)47-25-17-26-48(43-47)72(61-36-20-40-65-68(61)53-30-12-16-38-63(53)74-65)59-34-18-33-58-66(59)51-28-10-14-32-57(51)70(58,45-21-5-3-6-22-45)46-23-7-4-8-24-46/h3-44H,1-2H3. The lowest BCUT2D eigenvalue weighted by Gasteiger charge is -2.34. The zero-order valence-corrected chi connectivity index (χ0v) is 41.0. The van der Waals surface area contributed by atoms with Gasteiger partial charge in [-0.15, -0.1) is 0 Å². The first-order valence-electron chi connectivity index (χ1n) is 25.6. The van der Waals surface area contributed by atoms with Crippen LogP contribution in [0.1, 0.15) is 47.2 Å². The number of benzene rings is 11. The lowest BCUT2D eigenvalue weighted by molar-refractivity contribution is 0.660. The summed E-state index contributed by atoms with van der Waals surface area (Å²) in [6.07, 6.45) is 0. The Bertz CT molecular complexity index is 4330. The molecule has 2 aliphatic rings. The van der Waals surface area contributed by atoms with Crippen molar-refractivity contribution in [2.75, 3.05) is 9.80 Å². The number of nitrogens with zero attached hydrogens (tertiary/aromatic N) is 2. The topological polar surface area (TPSA) is 32.8 Å². The van der Waals surface area contributed by atoms with Gasteiger partial charge in [-0.05, 0) is 123 Å². The first kappa shape index (κ1) is 42.3. The molecule has 2 aliphatic carbocycles. The molecule has 0 fully saturated rings. The summed E-state index contributed by atoms with van der Waals surface area (Å²) in [5.74, 6) is 0. The van der Waals surface area contributed by atoms with Crippen LogP contribution in [0.2, 0.25) is 0 Å². The predicted octanol–water partition coefficient (Wildman–Crippen LogP) is 19.1. The largest absolute Gasteiger partial charge is 0.456 e. The second-order valence-electron chi connectivity index (χ2n) is 20.3. The molecule has 11 aromatic carbocycles. The lowest BCUT2D eigenvalue weighted by Crippen LogP contribution is -2.28. The van der Waals surface area contributed by atoms with E-state index in [0.29, 0.717) is 0 Å². The minimum Gasteiger partial charge on any atom is -0.456 e. The molecule has 0 spiro atoms. The Morgan fingerprint density at radius 2 is 0.770 bits per heavy atom. The summed E-state index contributed by atoms with van der Waals surface area (Å²) in [5, 5.41) is 4.26. The average Bonchev–Trinajstić information content (AvgIpc) is 4.21. The smallest absolute Gasteiger partial charge is 0.137 e. The Kier molecular flexibility index (Phi) is 9.19. The van der Waals surface area contributed by atoms with Crippen molar-refractivity contribution in [3.05, 3.63) is 288 Å². The molecule has 4 nitrogen and oxygen atoms in total. The quantitative estimate of drug-likeness (QED) is 0.152. The molecule has 0 N–H and O–H groups in total. The van der Waals surface area contributed by atoms with Crippen molar-refractivity contribution in [2.45, 2.75) is 24.7 Å². The molecule has 0 atom stereocenters. The van der Waals surface area contributed by atoms with Gasteiger partial charge in [0.2, 0.25) is 0 Å². The molecule has 0 saturated heterocycles. The molecule has 350 valence electrons. The summed E-state index contributed by atoms with van der Waals surface area (Å²) >= 11 is 0. The zero-order chi connectivity index (χ0) is 49.1. The van der Waals surface area contributed by atoms with Crippen molar-refractivity contribution < 1.29 is 8.83 Å². The Morgan fingerprint density at radius 1 is 0.311 bits per heavy atom. The summed E-state index contributed by atoms with van der Waals surface area (Å²) in [7, 11) is 0. The molecule has 0 unspecified atom stereocenters. The van der Waals surface area contributed by atoms with Crippen LogP contribution in [0.4, 0.5) is 34.1 Å². The molecule has 0 radical (unpaired) electrons. The first-order chi connectivity index (χ1) is 36.5. The number of anilines is 6. The van der Waals surface area contributed by atoms with Gasteiger partial charge in [0.05, 0.1) is 33.2 Å². The third-order valence-corrected chi connectivity index (χ3v) is 16.1. The van der Waals surface area contributed by atoms with Gasteiger partial charge in [-0.25, -0.2) is 0 Å². The van der Waals surface area contributed by atoms with Crippen molar-refractivity contribution in [2.24, 2.45) is 0 Å². The average molecular weight is 949 g/mol. The highest BCUT2D eigenvalue weighted by atomic mass is 16.3. The SMILES string of the molecule is CC1(C)c2ccccc2-c2cc(N(c3cccc(N(c4cccc5c4-c4ccccc4C5(c4ccccc4)c4ccccc4)c4cccc5oc6ccccc6c45)c3)c3cccc4oc5ccccc5c34)ccc21. The first-order valence-corrected chi connectivity index (χ1v) is 25.6. The molecule has 0 saturated carbocycles. The number of fused-ring (bicyclic) bond motifs is 12. The van der Waals surface area contributed by atoms with Crippen LogP contribution < -0.4 is 9.80 Å². The minimum atomic E-state index is -0.587. The summed E-state index contributed by atoms with van der Waals surface area (Å²) in [4.78, 5) is 4.93. The van der Waals surface area contributed by atoms with Crippen LogP contribution in [0.5, 0.6) is 0 Å². The van der Waals surface area contributed by atoms with Crippen LogP contribution in [0.15, 0.2) is 264 Å². The Morgan fingerprint density at radius 3 is 1.43 bits per heavy atom. The number of rotatable bonds is 8. The van der Waals surface area contributed by atoms with Gasteiger partial charge in [-0.3, -0.25) is 0 Å². The van der Waals surface area contributed by atoms with E-state index in [0.717, 1.165) is 78.0 Å². The fourth-order valence-electron chi connectivity index (χ4n) is 13.0. The fourth-order valence-corrected chi connectivity index (χ4v) is 13.0. The van der Waals surface area contributed by atoms with Gasteiger partial charge in [-0.2, -0.15) is 0 Å². The van der Waals surface area contributed by atoms with Gasteiger partial charge in [0.15, 0.2) is 0 Å². The maximum atomic E-state index is 6.69. The molecule has 13 aromatic rings. The second-order valence-corrected chi connectivity index (χ2v) is 20.3. The van der Waals surface area contributed by atoms with E-state index in [1.54, 1.807) is 0 Å². The van der Waals surface area contributed by atoms with E-state index < -0.39 is 5.41 Å². The molecule has 0 aliphatic heterocycles. The van der Waals surface area contributed by atoms with Crippen molar-refractivity contribution in [1.29, 1.82) is 0 Å². The number of para-hydroxylation sites is 2. The van der Waals surface area contributed by atoms with E-state index in [-0.39, 0.29) is 5.41 Å². The predicted molar refractivity (Wildman–Crippen MR) is 305 cm³/mol. The number of hydrogen-bond donors (Lipinski definition) is 0. The summed E-state index contributed by atoms with van der Waals surface area (Å²) in [5.41, 5.74) is 21.4.